The Morgan fingerprint density at radius 3 is 2.12 bits per heavy atom. The predicted octanol–water partition coefficient (Wildman–Crippen LogP) is 2.20. The Balaban J connectivity index is 2.60. The van der Waals surface area contributed by atoms with Gasteiger partial charge in [0, 0.05) is 0 Å². The second-order valence-corrected chi connectivity index (χ2v) is 5.09. The Bertz CT molecular complexity index is 232. The Morgan fingerprint density at radius 2 is 1.71 bits per heavy atom. The van der Waals surface area contributed by atoms with Gasteiger partial charge in [-0.05, 0) is 32.6 Å². The first kappa shape index (κ1) is 14.5. The van der Waals surface area contributed by atoms with Crippen molar-refractivity contribution < 1.29 is 19.7 Å². The van der Waals surface area contributed by atoms with Gasteiger partial charge in [0.2, 0.25) is 0 Å². The van der Waals surface area contributed by atoms with Crippen LogP contribution < -0.4 is 0 Å². The number of aliphatic hydroxyl groups excluding tert-OH is 1. The molecule has 2 N–H and O–H groups in total. The second kappa shape index (κ2) is 6.97. The van der Waals surface area contributed by atoms with Crippen LogP contribution >= 0.6 is 0 Å². The molecular formula is C13H24O4. The summed E-state index contributed by atoms with van der Waals surface area (Å²) >= 11 is 0. The lowest BCUT2D eigenvalue weighted by atomic mass is 9.93. The van der Waals surface area contributed by atoms with E-state index in [1.165, 1.54) is 12.8 Å². The molecule has 0 aromatic carbocycles. The van der Waals surface area contributed by atoms with Crippen molar-refractivity contribution in [2.75, 3.05) is 0 Å². The van der Waals surface area contributed by atoms with Gasteiger partial charge in [-0.15, -0.1) is 0 Å². The van der Waals surface area contributed by atoms with Gasteiger partial charge in [0.05, 0.1) is 12.2 Å². The fourth-order valence-electron chi connectivity index (χ4n) is 2.33. The maximum atomic E-state index is 11.3. The molecule has 0 spiro atoms. The lowest BCUT2D eigenvalue weighted by Crippen LogP contribution is -2.38. The van der Waals surface area contributed by atoms with E-state index in [0.29, 0.717) is 0 Å². The van der Waals surface area contributed by atoms with Crippen molar-refractivity contribution in [3.05, 3.63) is 0 Å². The van der Waals surface area contributed by atoms with E-state index in [0.717, 1.165) is 25.7 Å². The van der Waals surface area contributed by atoms with E-state index in [1.54, 1.807) is 13.8 Å². The number of aliphatic hydroxyl groups is 1. The summed E-state index contributed by atoms with van der Waals surface area (Å²) in [7, 11) is 0. The summed E-state index contributed by atoms with van der Waals surface area (Å²) in [6.45, 7) is 3.34. The van der Waals surface area contributed by atoms with Gasteiger partial charge in [0.25, 0.3) is 0 Å². The molecule has 1 aliphatic rings. The number of carbonyl (C=O) groups is 1. The van der Waals surface area contributed by atoms with Gasteiger partial charge in [-0.3, -0.25) is 0 Å². The van der Waals surface area contributed by atoms with Crippen molar-refractivity contribution in [3.8, 4) is 0 Å². The van der Waals surface area contributed by atoms with Crippen molar-refractivity contribution in [1.29, 1.82) is 0 Å². The summed E-state index contributed by atoms with van der Waals surface area (Å²) in [4.78, 5) is 11.3. The molecule has 0 aromatic rings. The molecule has 0 aromatic heterocycles. The Labute approximate surface area is 103 Å². The van der Waals surface area contributed by atoms with Crippen LogP contribution in [0.4, 0.5) is 0 Å². The minimum absolute atomic E-state index is 0.0937. The van der Waals surface area contributed by atoms with Crippen molar-refractivity contribution >= 4 is 5.97 Å². The standard InChI is InChI=1S/C13H24O4/c1-9(14)10(2)17-12(13(15)16)11-7-5-3-4-6-8-11/h9-12,14H,3-8H2,1-2H3,(H,15,16). The molecule has 3 atom stereocenters. The number of rotatable bonds is 5. The van der Waals surface area contributed by atoms with E-state index < -0.39 is 24.3 Å². The fourth-order valence-corrected chi connectivity index (χ4v) is 2.33. The first-order chi connectivity index (χ1) is 8.02. The number of ether oxygens (including phenoxy) is 1. The van der Waals surface area contributed by atoms with Gasteiger partial charge in [-0.1, -0.05) is 25.7 Å². The first-order valence-electron chi connectivity index (χ1n) is 6.58. The highest BCUT2D eigenvalue weighted by Gasteiger charge is 2.31. The van der Waals surface area contributed by atoms with Crippen LogP contribution in [0.1, 0.15) is 52.4 Å². The van der Waals surface area contributed by atoms with Crippen LogP contribution in [0.25, 0.3) is 0 Å². The maximum Gasteiger partial charge on any atom is 0.333 e. The molecule has 100 valence electrons. The zero-order valence-corrected chi connectivity index (χ0v) is 10.8. The largest absolute Gasteiger partial charge is 0.479 e. The Hall–Kier alpha value is -0.610. The predicted molar refractivity (Wildman–Crippen MR) is 64.8 cm³/mol. The van der Waals surface area contributed by atoms with Crippen LogP contribution in [-0.2, 0) is 9.53 Å². The van der Waals surface area contributed by atoms with E-state index in [2.05, 4.69) is 0 Å². The Kier molecular flexibility index (Phi) is 5.92. The van der Waals surface area contributed by atoms with Gasteiger partial charge in [-0.2, -0.15) is 0 Å². The zero-order chi connectivity index (χ0) is 12.8. The van der Waals surface area contributed by atoms with Crippen molar-refractivity contribution in [2.24, 2.45) is 5.92 Å². The second-order valence-electron chi connectivity index (χ2n) is 5.09. The van der Waals surface area contributed by atoms with E-state index in [-0.39, 0.29) is 5.92 Å². The lowest BCUT2D eigenvalue weighted by molar-refractivity contribution is -0.163. The van der Waals surface area contributed by atoms with Gasteiger partial charge < -0.3 is 14.9 Å². The van der Waals surface area contributed by atoms with Crippen molar-refractivity contribution in [1.82, 2.24) is 0 Å². The third-order valence-electron chi connectivity index (χ3n) is 3.61. The van der Waals surface area contributed by atoms with Crippen LogP contribution in [-0.4, -0.2) is 34.5 Å². The van der Waals surface area contributed by atoms with Gasteiger partial charge in [0.15, 0.2) is 6.10 Å². The SMILES string of the molecule is CC(O)C(C)OC(C(=O)O)C1CCCCCC1. The molecule has 4 nitrogen and oxygen atoms in total. The molecule has 0 saturated heterocycles. The van der Waals surface area contributed by atoms with E-state index >= 15 is 0 Å². The average molecular weight is 244 g/mol. The molecule has 0 radical (unpaired) electrons. The minimum atomic E-state index is -0.899. The number of carboxylic acids is 1. The van der Waals surface area contributed by atoms with E-state index in [9.17, 15) is 15.0 Å². The van der Waals surface area contributed by atoms with Crippen LogP contribution in [0.2, 0.25) is 0 Å². The minimum Gasteiger partial charge on any atom is -0.479 e. The van der Waals surface area contributed by atoms with Gasteiger partial charge in [-0.25, -0.2) is 4.79 Å². The Morgan fingerprint density at radius 1 is 1.18 bits per heavy atom. The normalized spacial score (nSPS) is 23.7. The monoisotopic (exact) mass is 244 g/mol. The smallest absolute Gasteiger partial charge is 0.333 e. The van der Waals surface area contributed by atoms with Crippen molar-refractivity contribution in [3.63, 3.8) is 0 Å². The quantitative estimate of drug-likeness (QED) is 0.727. The summed E-state index contributed by atoms with van der Waals surface area (Å²) in [6.07, 6.45) is 4.55. The van der Waals surface area contributed by atoms with Gasteiger partial charge >= 0.3 is 5.97 Å². The first-order valence-corrected chi connectivity index (χ1v) is 6.58. The summed E-state index contributed by atoms with van der Waals surface area (Å²) in [5.74, 6) is -0.805. The summed E-state index contributed by atoms with van der Waals surface area (Å²) in [6, 6.07) is 0. The number of hydrogen-bond acceptors (Lipinski definition) is 3. The molecule has 1 fully saturated rings. The molecule has 0 bridgehead atoms. The third kappa shape index (κ3) is 4.64. The maximum absolute atomic E-state index is 11.3. The van der Waals surface area contributed by atoms with Crippen LogP contribution in [0.3, 0.4) is 0 Å². The fraction of sp³-hybridized carbons (Fsp3) is 0.923. The number of hydrogen-bond donors (Lipinski definition) is 2. The highest BCUT2D eigenvalue weighted by molar-refractivity contribution is 5.72. The molecule has 0 amide bonds. The summed E-state index contributed by atoms with van der Waals surface area (Å²) < 4.78 is 5.52. The van der Waals surface area contributed by atoms with Crippen molar-refractivity contribution in [2.45, 2.75) is 70.7 Å². The summed E-state index contributed by atoms with van der Waals surface area (Å²) in [5, 5.41) is 18.6. The lowest BCUT2D eigenvalue weighted by Gasteiger charge is -2.27. The van der Waals surface area contributed by atoms with Gasteiger partial charge in [0.1, 0.15) is 0 Å². The average Bonchev–Trinajstić information content (AvgIpc) is 2.53. The van der Waals surface area contributed by atoms with E-state index in [1.807, 2.05) is 0 Å². The van der Waals surface area contributed by atoms with Crippen LogP contribution in [0.15, 0.2) is 0 Å². The summed E-state index contributed by atoms with van der Waals surface area (Å²) in [5.41, 5.74) is 0. The number of aliphatic carboxylic acids is 1. The number of carboxylic acid groups (broad SMARTS) is 1. The molecule has 1 saturated carbocycles. The highest BCUT2D eigenvalue weighted by atomic mass is 16.5. The van der Waals surface area contributed by atoms with Crippen LogP contribution in [0.5, 0.6) is 0 Å². The molecule has 3 unspecified atom stereocenters. The third-order valence-corrected chi connectivity index (χ3v) is 3.61. The molecule has 4 heteroatoms. The molecule has 1 rings (SSSR count). The van der Waals surface area contributed by atoms with E-state index in [4.69, 9.17) is 4.74 Å². The highest BCUT2D eigenvalue weighted by Crippen LogP contribution is 2.28. The molecule has 0 aliphatic heterocycles. The molecular weight excluding hydrogens is 220 g/mol. The zero-order valence-electron chi connectivity index (χ0n) is 10.8. The topological polar surface area (TPSA) is 66.8 Å². The molecule has 0 heterocycles. The molecule has 1 aliphatic carbocycles. The van der Waals surface area contributed by atoms with Crippen LogP contribution in [0, 0.1) is 5.92 Å². The molecule has 17 heavy (non-hydrogen) atoms.